The SMILES string of the molecule is Cc1ccccc1C(=O)CNC(C)Cc1ccccc1. The Balaban J connectivity index is 1.86. The van der Waals surface area contributed by atoms with E-state index in [1.807, 2.05) is 49.4 Å². The van der Waals surface area contributed by atoms with E-state index in [2.05, 4.69) is 24.4 Å². The first kappa shape index (κ1) is 14.5. The molecule has 0 aliphatic heterocycles. The van der Waals surface area contributed by atoms with Crippen LogP contribution >= 0.6 is 0 Å². The fourth-order valence-corrected chi connectivity index (χ4v) is 2.29. The molecule has 1 N–H and O–H groups in total. The van der Waals surface area contributed by atoms with Crippen LogP contribution in [0, 0.1) is 6.92 Å². The van der Waals surface area contributed by atoms with Crippen LogP contribution in [0.1, 0.15) is 28.4 Å². The Morgan fingerprint density at radius 2 is 1.70 bits per heavy atom. The molecule has 0 aromatic heterocycles. The fraction of sp³-hybridized carbons (Fsp3) is 0.278. The number of hydrogen-bond donors (Lipinski definition) is 1. The Labute approximate surface area is 120 Å². The van der Waals surface area contributed by atoms with Gasteiger partial charge in [0.25, 0.3) is 0 Å². The van der Waals surface area contributed by atoms with Crippen molar-refractivity contribution in [3.05, 3.63) is 71.3 Å². The summed E-state index contributed by atoms with van der Waals surface area (Å²) >= 11 is 0. The molecule has 0 heterocycles. The number of hydrogen-bond acceptors (Lipinski definition) is 2. The fourth-order valence-electron chi connectivity index (χ4n) is 2.29. The second-order valence-electron chi connectivity index (χ2n) is 5.21. The van der Waals surface area contributed by atoms with Gasteiger partial charge in [-0.1, -0.05) is 54.6 Å². The molecule has 0 bridgehead atoms. The smallest absolute Gasteiger partial charge is 0.176 e. The van der Waals surface area contributed by atoms with Gasteiger partial charge < -0.3 is 5.32 Å². The van der Waals surface area contributed by atoms with Crippen molar-refractivity contribution in [2.75, 3.05) is 6.54 Å². The molecular weight excluding hydrogens is 246 g/mol. The minimum atomic E-state index is 0.156. The van der Waals surface area contributed by atoms with E-state index in [9.17, 15) is 4.79 Å². The van der Waals surface area contributed by atoms with E-state index in [-0.39, 0.29) is 11.8 Å². The van der Waals surface area contributed by atoms with Gasteiger partial charge in [0.1, 0.15) is 0 Å². The maximum absolute atomic E-state index is 12.2. The highest BCUT2D eigenvalue weighted by molar-refractivity contribution is 5.98. The van der Waals surface area contributed by atoms with E-state index in [1.54, 1.807) is 0 Å². The summed E-state index contributed by atoms with van der Waals surface area (Å²) in [7, 11) is 0. The zero-order chi connectivity index (χ0) is 14.4. The van der Waals surface area contributed by atoms with Crippen molar-refractivity contribution in [3.63, 3.8) is 0 Å². The zero-order valence-corrected chi connectivity index (χ0v) is 12.1. The molecule has 0 fully saturated rings. The maximum Gasteiger partial charge on any atom is 0.176 e. The van der Waals surface area contributed by atoms with Crippen molar-refractivity contribution in [1.29, 1.82) is 0 Å². The van der Waals surface area contributed by atoms with Crippen LogP contribution in [0.2, 0.25) is 0 Å². The van der Waals surface area contributed by atoms with Gasteiger partial charge in [-0.3, -0.25) is 4.79 Å². The largest absolute Gasteiger partial charge is 0.307 e. The van der Waals surface area contributed by atoms with E-state index in [1.165, 1.54) is 5.56 Å². The van der Waals surface area contributed by atoms with Crippen LogP contribution in [0.3, 0.4) is 0 Å². The van der Waals surface area contributed by atoms with Crippen molar-refractivity contribution in [2.24, 2.45) is 0 Å². The molecule has 0 spiro atoms. The minimum Gasteiger partial charge on any atom is -0.307 e. The summed E-state index contributed by atoms with van der Waals surface area (Å²) in [5.41, 5.74) is 3.14. The molecule has 0 saturated carbocycles. The van der Waals surface area contributed by atoms with Crippen LogP contribution in [-0.4, -0.2) is 18.4 Å². The van der Waals surface area contributed by atoms with E-state index in [0.717, 1.165) is 17.5 Å². The van der Waals surface area contributed by atoms with Gasteiger partial charge in [0.2, 0.25) is 0 Å². The third-order valence-corrected chi connectivity index (χ3v) is 3.44. The number of aryl methyl sites for hydroxylation is 1. The van der Waals surface area contributed by atoms with Crippen molar-refractivity contribution < 1.29 is 4.79 Å². The number of nitrogens with one attached hydrogen (secondary N) is 1. The number of ketones is 1. The van der Waals surface area contributed by atoms with Gasteiger partial charge in [-0.2, -0.15) is 0 Å². The molecule has 0 amide bonds. The van der Waals surface area contributed by atoms with Crippen molar-refractivity contribution in [2.45, 2.75) is 26.3 Å². The topological polar surface area (TPSA) is 29.1 Å². The minimum absolute atomic E-state index is 0.156. The van der Waals surface area contributed by atoms with Crippen LogP contribution < -0.4 is 5.32 Å². The second kappa shape index (κ2) is 7.01. The summed E-state index contributed by atoms with van der Waals surface area (Å²) in [5, 5.41) is 3.31. The molecule has 2 aromatic carbocycles. The Bertz CT molecular complexity index is 563. The molecule has 0 saturated heterocycles. The lowest BCUT2D eigenvalue weighted by molar-refractivity contribution is 0.0987. The van der Waals surface area contributed by atoms with Crippen LogP contribution in [-0.2, 0) is 6.42 Å². The van der Waals surface area contributed by atoms with Gasteiger partial charge in [-0.15, -0.1) is 0 Å². The Morgan fingerprint density at radius 1 is 1.05 bits per heavy atom. The zero-order valence-electron chi connectivity index (χ0n) is 12.1. The lowest BCUT2D eigenvalue weighted by atomic mass is 10.0. The average Bonchev–Trinajstić information content (AvgIpc) is 2.46. The third kappa shape index (κ3) is 4.04. The van der Waals surface area contributed by atoms with Crippen LogP contribution in [0.25, 0.3) is 0 Å². The predicted octanol–water partition coefficient (Wildman–Crippen LogP) is 3.40. The first-order valence-corrected chi connectivity index (χ1v) is 7.03. The molecule has 20 heavy (non-hydrogen) atoms. The molecule has 1 atom stereocenters. The summed E-state index contributed by atoms with van der Waals surface area (Å²) < 4.78 is 0. The Morgan fingerprint density at radius 3 is 2.40 bits per heavy atom. The third-order valence-electron chi connectivity index (χ3n) is 3.44. The molecule has 104 valence electrons. The van der Waals surface area contributed by atoms with Gasteiger partial charge >= 0.3 is 0 Å². The van der Waals surface area contributed by atoms with E-state index in [4.69, 9.17) is 0 Å². The number of benzene rings is 2. The van der Waals surface area contributed by atoms with Gasteiger partial charge in [-0.05, 0) is 31.4 Å². The number of carbonyl (C=O) groups excluding carboxylic acids is 1. The lowest BCUT2D eigenvalue weighted by Gasteiger charge is -2.14. The number of rotatable bonds is 6. The summed E-state index contributed by atoms with van der Waals surface area (Å²) in [5.74, 6) is 0.156. The molecule has 1 unspecified atom stereocenters. The highest BCUT2D eigenvalue weighted by Crippen LogP contribution is 2.08. The lowest BCUT2D eigenvalue weighted by Crippen LogP contribution is -2.33. The molecule has 2 rings (SSSR count). The average molecular weight is 267 g/mol. The summed E-state index contributed by atoms with van der Waals surface area (Å²) in [4.78, 5) is 12.2. The summed E-state index contributed by atoms with van der Waals surface area (Å²) in [6.45, 7) is 4.47. The standard InChI is InChI=1S/C18H21NO/c1-14-8-6-7-11-17(14)18(20)13-19-15(2)12-16-9-4-3-5-10-16/h3-11,15,19H,12-13H2,1-2H3. The summed E-state index contributed by atoms with van der Waals surface area (Å²) in [6.07, 6.45) is 0.932. The van der Waals surface area contributed by atoms with E-state index >= 15 is 0 Å². The molecule has 0 aliphatic rings. The Kier molecular flexibility index (Phi) is 5.08. The van der Waals surface area contributed by atoms with Crippen LogP contribution in [0.4, 0.5) is 0 Å². The highest BCUT2D eigenvalue weighted by Gasteiger charge is 2.10. The first-order valence-electron chi connectivity index (χ1n) is 7.03. The molecule has 2 nitrogen and oxygen atoms in total. The van der Waals surface area contributed by atoms with Gasteiger partial charge in [-0.25, -0.2) is 0 Å². The highest BCUT2D eigenvalue weighted by atomic mass is 16.1. The van der Waals surface area contributed by atoms with Crippen molar-refractivity contribution in [1.82, 2.24) is 5.32 Å². The monoisotopic (exact) mass is 267 g/mol. The van der Waals surface area contributed by atoms with E-state index in [0.29, 0.717) is 6.54 Å². The van der Waals surface area contributed by atoms with Crippen LogP contribution in [0.5, 0.6) is 0 Å². The Hall–Kier alpha value is -1.93. The van der Waals surface area contributed by atoms with Crippen LogP contribution in [0.15, 0.2) is 54.6 Å². The molecule has 0 aliphatic carbocycles. The van der Waals surface area contributed by atoms with Gasteiger partial charge in [0.05, 0.1) is 6.54 Å². The quantitative estimate of drug-likeness (QED) is 0.813. The van der Waals surface area contributed by atoms with Gasteiger partial charge in [0, 0.05) is 11.6 Å². The van der Waals surface area contributed by atoms with E-state index < -0.39 is 0 Å². The van der Waals surface area contributed by atoms with Crippen molar-refractivity contribution >= 4 is 5.78 Å². The maximum atomic E-state index is 12.2. The first-order chi connectivity index (χ1) is 9.66. The molecular formula is C18H21NO. The summed E-state index contributed by atoms with van der Waals surface area (Å²) in [6, 6.07) is 18.3. The number of carbonyl (C=O) groups is 1. The normalized spacial score (nSPS) is 12.1. The molecule has 2 aromatic rings. The second-order valence-corrected chi connectivity index (χ2v) is 5.21. The van der Waals surface area contributed by atoms with Gasteiger partial charge in [0.15, 0.2) is 5.78 Å². The molecule has 0 radical (unpaired) electrons. The predicted molar refractivity (Wildman–Crippen MR) is 83.1 cm³/mol. The van der Waals surface area contributed by atoms with Crippen molar-refractivity contribution in [3.8, 4) is 0 Å². The molecule has 2 heteroatoms. The number of Topliss-reactive ketones (excluding diaryl/α,β-unsaturated/α-hetero) is 1.